The van der Waals surface area contributed by atoms with E-state index in [-0.39, 0.29) is 18.4 Å². The monoisotopic (exact) mass is 451 g/mol. The number of hydrogen-bond donors (Lipinski definition) is 2. The Hall–Kier alpha value is -3.23. The number of ether oxygens (including phenoxy) is 2. The Bertz CT molecular complexity index is 1030. The van der Waals surface area contributed by atoms with Gasteiger partial charge in [0, 0.05) is 44.7 Å². The second-order valence-electron chi connectivity index (χ2n) is 8.59. The number of carbonyl (C=O) groups excluding carboxylic acids is 3. The minimum atomic E-state index is -1.27. The summed E-state index contributed by atoms with van der Waals surface area (Å²) >= 11 is 0. The predicted molar refractivity (Wildman–Crippen MR) is 123 cm³/mol. The number of anilines is 1. The molecule has 1 atom stereocenters. The first-order valence-electron chi connectivity index (χ1n) is 11.2. The number of esters is 1. The van der Waals surface area contributed by atoms with Gasteiger partial charge in [-0.2, -0.15) is 0 Å². The summed E-state index contributed by atoms with van der Waals surface area (Å²) in [5.41, 5.74) is 1.54. The summed E-state index contributed by atoms with van der Waals surface area (Å²) in [5, 5.41) is 5.78. The standard InChI is InChI=1S/C25H29N3O5/c1-25(16-19-6-2-3-8-21(19)23(30)33-25)24(31)26-17-18-5-4-7-20(15-18)27-22(29)9-10-28-11-13-32-14-12-28/h2-8,15H,9-14,16-17H2,1H3,(H,26,31)(H,27,29). The number of hydrogen-bond acceptors (Lipinski definition) is 6. The van der Waals surface area contributed by atoms with Gasteiger partial charge in [-0.05, 0) is 36.2 Å². The number of fused-ring (bicyclic) bond motifs is 1. The first-order valence-corrected chi connectivity index (χ1v) is 11.2. The molecule has 1 unspecified atom stereocenters. The van der Waals surface area contributed by atoms with Gasteiger partial charge in [0.15, 0.2) is 5.60 Å². The van der Waals surface area contributed by atoms with Crippen molar-refractivity contribution in [1.82, 2.24) is 10.2 Å². The largest absolute Gasteiger partial charge is 0.445 e. The highest BCUT2D eigenvalue weighted by molar-refractivity contribution is 5.97. The first kappa shape index (κ1) is 22.9. The van der Waals surface area contributed by atoms with Crippen molar-refractivity contribution in [3.63, 3.8) is 0 Å². The van der Waals surface area contributed by atoms with Crippen LogP contribution in [-0.4, -0.2) is 61.1 Å². The molecule has 0 bridgehead atoms. The summed E-state index contributed by atoms with van der Waals surface area (Å²) in [6.45, 7) is 5.70. The van der Waals surface area contributed by atoms with Gasteiger partial charge >= 0.3 is 5.97 Å². The molecule has 0 radical (unpaired) electrons. The van der Waals surface area contributed by atoms with Crippen molar-refractivity contribution < 1.29 is 23.9 Å². The number of nitrogens with zero attached hydrogens (tertiary/aromatic N) is 1. The van der Waals surface area contributed by atoms with E-state index in [1.54, 1.807) is 19.1 Å². The molecule has 8 nitrogen and oxygen atoms in total. The van der Waals surface area contributed by atoms with Gasteiger partial charge in [0.25, 0.3) is 5.91 Å². The molecule has 174 valence electrons. The lowest BCUT2D eigenvalue weighted by atomic mass is 9.89. The highest BCUT2D eigenvalue weighted by Crippen LogP contribution is 2.28. The fraction of sp³-hybridized carbons (Fsp3) is 0.400. The van der Waals surface area contributed by atoms with Crippen molar-refractivity contribution in [2.75, 3.05) is 38.2 Å². The molecule has 1 saturated heterocycles. The minimum Gasteiger partial charge on any atom is -0.445 e. The zero-order valence-corrected chi connectivity index (χ0v) is 18.8. The maximum absolute atomic E-state index is 12.9. The minimum absolute atomic E-state index is 0.0528. The Balaban J connectivity index is 1.30. The lowest BCUT2D eigenvalue weighted by molar-refractivity contribution is -0.140. The summed E-state index contributed by atoms with van der Waals surface area (Å²) in [4.78, 5) is 39.7. The average molecular weight is 452 g/mol. The molecular weight excluding hydrogens is 422 g/mol. The predicted octanol–water partition coefficient (Wildman–Crippen LogP) is 2.14. The highest BCUT2D eigenvalue weighted by atomic mass is 16.6. The third-order valence-electron chi connectivity index (χ3n) is 5.99. The molecule has 2 amide bonds. The van der Waals surface area contributed by atoms with Gasteiger partial charge in [-0.15, -0.1) is 0 Å². The fourth-order valence-electron chi connectivity index (χ4n) is 4.10. The third-order valence-corrected chi connectivity index (χ3v) is 5.99. The Morgan fingerprint density at radius 1 is 1.09 bits per heavy atom. The van der Waals surface area contributed by atoms with Gasteiger partial charge in [-0.25, -0.2) is 4.79 Å². The molecular formula is C25H29N3O5. The number of benzene rings is 2. The molecule has 2 aromatic carbocycles. The molecule has 8 heteroatoms. The molecule has 2 aliphatic heterocycles. The van der Waals surface area contributed by atoms with Crippen molar-refractivity contribution in [2.45, 2.75) is 31.9 Å². The van der Waals surface area contributed by atoms with Crippen LogP contribution >= 0.6 is 0 Å². The third kappa shape index (κ3) is 5.77. The number of morpholine rings is 1. The molecule has 0 spiro atoms. The zero-order valence-electron chi connectivity index (χ0n) is 18.8. The second-order valence-corrected chi connectivity index (χ2v) is 8.59. The normalized spacial score (nSPS) is 20.5. The smallest absolute Gasteiger partial charge is 0.339 e. The van der Waals surface area contributed by atoms with Crippen molar-refractivity contribution in [3.8, 4) is 0 Å². The van der Waals surface area contributed by atoms with E-state index < -0.39 is 11.6 Å². The zero-order chi connectivity index (χ0) is 23.3. The number of rotatable bonds is 7. The quantitative estimate of drug-likeness (QED) is 0.626. The molecule has 2 aromatic rings. The molecule has 2 heterocycles. The highest BCUT2D eigenvalue weighted by Gasteiger charge is 2.42. The Morgan fingerprint density at radius 2 is 1.88 bits per heavy atom. The van der Waals surface area contributed by atoms with Gasteiger partial charge in [0.2, 0.25) is 5.91 Å². The Kier molecular flexibility index (Phi) is 7.05. The lowest BCUT2D eigenvalue weighted by Crippen LogP contribution is -2.51. The van der Waals surface area contributed by atoms with Crippen LogP contribution < -0.4 is 10.6 Å². The van der Waals surface area contributed by atoms with Crippen LogP contribution in [0.15, 0.2) is 48.5 Å². The van der Waals surface area contributed by atoms with Crippen LogP contribution in [0.25, 0.3) is 0 Å². The van der Waals surface area contributed by atoms with Crippen molar-refractivity contribution in [3.05, 3.63) is 65.2 Å². The van der Waals surface area contributed by atoms with E-state index in [0.29, 0.717) is 43.9 Å². The van der Waals surface area contributed by atoms with E-state index in [0.717, 1.165) is 24.2 Å². The lowest BCUT2D eigenvalue weighted by Gasteiger charge is -2.33. The van der Waals surface area contributed by atoms with Crippen LogP contribution in [0, 0.1) is 0 Å². The first-order chi connectivity index (χ1) is 15.9. The summed E-state index contributed by atoms with van der Waals surface area (Å²) in [6, 6.07) is 14.5. The van der Waals surface area contributed by atoms with Gasteiger partial charge in [0.05, 0.1) is 18.8 Å². The van der Waals surface area contributed by atoms with Crippen LogP contribution in [0.5, 0.6) is 0 Å². The SMILES string of the molecule is CC1(C(=O)NCc2cccc(NC(=O)CCN3CCOCC3)c2)Cc2ccccc2C(=O)O1. The second kappa shape index (κ2) is 10.1. The average Bonchev–Trinajstić information content (AvgIpc) is 2.82. The molecule has 0 aliphatic carbocycles. The topological polar surface area (TPSA) is 97.0 Å². The molecule has 4 rings (SSSR count). The Labute approximate surface area is 193 Å². The number of amides is 2. The Morgan fingerprint density at radius 3 is 2.70 bits per heavy atom. The van der Waals surface area contributed by atoms with E-state index in [1.165, 1.54) is 0 Å². The van der Waals surface area contributed by atoms with Crippen LogP contribution in [0.4, 0.5) is 5.69 Å². The number of nitrogens with one attached hydrogen (secondary N) is 2. The van der Waals surface area contributed by atoms with Gasteiger partial charge in [0.1, 0.15) is 0 Å². The summed E-state index contributed by atoms with van der Waals surface area (Å²) < 4.78 is 10.8. The molecule has 0 aromatic heterocycles. The van der Waals surface area contributed by atoms with Gasteiger partial charge in [-0.1, -0.05) is 30.3 Å². The maximum Gasteiger partial charge on any atom is 0.339 e. The van der Waals surface area contributed by atoms with E-state index in [4.69, 9.17) is 9.47 Å². The fourth-order valence-corrected chi connectivity index (χ4v) is 4.10. The van der Waals surface area contributed by atoms with E-state index >= 15 is 0 Å². The van der Waals surface area contributed by atoms with Gasteiger partial charge in [-0.3, -0.25) is 14.5 Å². The molecule has 2 N–H and O–H groups in total. The summed E-state index contributed by atoms with van der Waals surface area (Å²) in [7, 11) is 0. The summed E-state index contributed by atoms with van der Waals surface area (Å²) in [5.74, 6) is -0.899. The maximum atomic E-state index is 12.9. The molecule has 2 aliphatic rings. The molecule has 33 heavy (non-hydrogen) atoms. The van der Waals surface area contributed by atoms with E-state index in [2.05, 4.69) is 15.5 Å². The van der Waals surface area contributed by atoms with Crippen molar-refractivity contribution in [1.29, 1.82) is 0 Å². The molecule has 1 fully saturated rings. The van der Waals surface area contributed by atoms with Crippen LogP contribution in [0.2, 0.25) is 0 Å². The molecule has 0 saturated carbocycles. The van der Waals surface area contributed by atoms with Crippen LogP contribution in [-0.2, 0) is 32.0 Å². The number of cyclic esters (lactones) is 1. The van der Waals surface area contributed by atoms with Crippen LogP contribution in [0.1, 0.15) is 34.8 Å². The van der Waals surface area contributed by atoms with Gasteiger partial charge < -0.3 is 20.1 Å². The summed E-state index contributed by atoms with van der Waals surface area (Å²) in [6.07, 6.45) is 0.728. The number of carbonyl (C=O) groups is 3. The van der Waals surface area contributed by atoms with Crippen LogP contribution in [0.3, 0.4) is 0 Å². The van der Waals surface area contributed by atoms with E-state index in [1.807, 2.05) is 36.4 Å². The van der Waals surface area contributed by atoms with Crippen molar-refractivity contribution >= 4 is 23.5 Å². The van der Waals surface area contributed by atoms with E-state index in [9.17, 15) is 14.4 Å². The van der Waals surface area contributed by atoms with Crippen molar-refractivity contribution in [2.24, 2.45) is 0 Å².